The predicted octanol–water partition coefficient (Wildman–Crippen LogP) is 3.34. The number of hydrogen-bond acceptors (Lipinski definition) is 6. The lowest BCUT2D eigenvalue weighted by Crippen LogP contribution is -2.16. The van der Waals surface area contributed by atoms with Gasteiger partial charge in [-0.2, -0.15) is 0 Å². The maximum atomic E-state index is 12.3. The number of rotatable bonds is 6. The van der Waals surface area contributed by atoms with Gasteiger partial charge in [-0.1, -0.05) is 36.4 Å². The average Bonchev–Trinajstić information content (AvgIpc) is 3.03. The van der Waals surface area contributed by atoms with Gasteiger partial charge in [0.2, 0.25) is 5.76 Å². The molecule has 0 aliphatic heterocycles. The third kappa shape index (κ3) is 3.80. The maximum absolute atomic E-state index is 12.3. The van der Waals surface area contributed by atoms with Crippen molar-refractivity contribution in [1.29, 1.82) is 0 Å². The molecule has 128 valence electrons. The second kappa shape index (κ2) is 7.53. The Labute approximate surface area is 143 Å². The molecule has 0 radical (unpaired) electrons. The summed E-state index contributed by atoms with van der Waals surface area (Å²) in [5, 5.41) is 0.753. The van der Waals surface area contributed by atoms with Gasteiger partial charge in [-0.3, -0.25) is 0 Å². The second-order valence-corrected chi connectivity index (χ2v) is 5.16. The third-order valence-corrected chi connectivity index (χ3v) is 3.56. The van der Waals surface area contributed by atoms with Gasteiger partial charge in [0.1, 0.15) is 17.9 Å². The summed E-state index contributed by atoms with van der Waals surface area (Å²) in [5.41, 5.74) is 1.11. The quantitative estimate of drug-likeness (QED) is 0.641. The third-order valence-electron chi connectivity index (χ3n) is 3.56. The molecule has 1 aromatic heterocycles. The Morgan fingerprint density at radius 1 is 1.00 bits per heavy atom. The molecule has 0 atom stereocenters. The molecule has 6 nitrogen and oxygen atoms in total. The van der Waals surface area contributed by atoms with Crippen molar-refractivity contribution in [3.8, 4) is 5.75 Å². The molecule has 3 aromatic rings. The first-order valence-electron chi connectivity index (χ1n) is 7.61. The van der Waals surface area contributed by atoms with E-state index in [0.29, 0.717) is 16.9 Å². The molecule has 2 aromatic carbocycles. The first-order valence-corrected chi connectivity index (χ1v) is 7.61. The molecular weight excluding hydrogens is 324 g/mol. The van der Waals surface area contributed by atoms with Gasteiger partial charge >= 0.3 is 11.9 Å². The van der Waals surface area contributed by atoms with Crippen LogP contribution in [0.5, 0.6) is 5.75 Å². The number of hydrogen-bond donors (Lipinski definition) is 0. The summed E-state index contributed by atoms with van der Waals surface area (Å²) in [6.07, 6.45) is 0. The smallest absolute Gasteiger partial charge is 0.375 e. The molecule has 1 heterocycles. The standard InChI is InChI=1S/C19H16O6/c1-22-17(20)12-24-19(21)18-15(11-23-13-7-3-2-4-8-13)14-9-5-6-10-16(14)25-18/h2-10H,11-12H2,1H3. The fourth-order valence-corrected chi connectivity index (χ4v) is 2.33. The Balaban J connectivity index is 1.86. The molecule has 0 amide bonds. The van der Waals surface area contributed by atoms with Gasteiger partial charge in [-0.15, -0.1) is 0 Å². The van der Waals surface area contributed by atoms with E-state index in [0.717, 1.165) is 5.39 Å². The number of carbonyl (C=O) groups excluding carboxylic acids is 2. The average molecular weight is 340 g/mol. The molecule has 6 heteroatoms. The fourth-order valence-electron chi connectivity index (χ4n) is 2.33. The monoisotopic (exact) mass is 340 g/mol. The number of carbonyl (C=O) groups is 2. The molecular formula is C19H16O6. The van der Waals surface area contributed by atoms with Crippen molar-refractivity contribution in [2.75, 3.05) is 13.7 Å². The maximum Gasteiger partial charge on any atom is 0.375 e. The van der Waals surface area contributed by atoms with Crippen molar-refractivity contribution in [3.05, 3.63) is 65.9 Å². The molecule has 0 saturated heterocycles. The van der Waals surface area contributed by atoms with Crippen molar-refractivity contribution >= 4 is 22.9 Å². The lowest BCUT2D eigenvalue weighted by atomic mass is 10.1. The van der Waals surface area contributed by atoms with E-state index in [-0.39, 0.29) is 12.4 Å². The Bertz CT molecular complexity index is 881. The van der Waals surface area contributed by atoms with Crippen LogP contribution in [0.1, 0.15) is 16.1 Å². The van der Waals surface area contributed by atoms with Crippen LogP contribution < -0.4 is 4.74 Å². The zero-order valence-electron chi connectivity index (χ0n) is 13.6. The van der Waals surface area contributed by atoms with Crippen LogP contribution in [0, 0.1) is 0 Å². The van der Waals surface area contributed by atoms with E-state index < -0.39 is 18.5 Å². The number of para-hydroxylation sites is 2. The summed E-state index contributed by atoms with van der Waals surface area (Å²) in [5.74, 6) is -0.706. The Morgan fingerprint density at radius 2 is 1.72 bits per heavy atom. The lowest BCUT2D eigenvalue weighted by Gasteiger charge is -2.07. The molecule has 0 N–H and O–H groups in total. The highest BCUT2D eigenvalue weighted by molar-refractivity contribution is 5.96. The van der Waals surface area contributed by atoms with Gasteiger partial charge in [0.15, 0.2) is 6.61 Å². The van der Waals surface area contributed by atoms with Crippen molar-refractivity contribution < 1.29 is 28.2 Å². The second-order valence-electron chi connectivity index (χ2n) is 5.16. The van der Waals surface area contributed by atoms with Gasteiger partial charge in [-0.25, -0.2) is 9.59 Å². The van der Waals surface area contributed by atoms with E-state index in [1.807, 2.05) is 42.5 Å². The number of furan rings is 1. The number of esters is 2. The highest BCUT2D eigenvalue weighted by Gasteiger charge is 2.23. The van der Waals surface area contributed by atoms with Crippen LogP contribution in [0.3, 0.4) is 0 Å². The normalized spacial score (nSPS) is 10.4. The molecule has 0 aliphatic rings. The summed E-state index contributed by atoms with van der Waals surface area (Å²) in [6.45, 7) is -0.352. The molecule has 0 aliphatic carbocycles. The van der Waals surface area contributed by atoms with Gasteiger partial charge in [-0.05, 0) is 18.2 Å². The van der Waals surface area contributed by atoms with Crippen molar-refractivity contribution in [3.63, 3.8) is 0 Å². The molecule has 0 unspecified atom stereocenters. The van der Waals surface area contributed by atoms with Gasteiger partial charge < -0.3 is 18.6 Å². The van der Waals surface area contributed by atoms with Crippen LogP contribution in [0.2, 0.25) is 0 Å². The van der Waals surface area contributed by atoms with Gasteiger partial charge in [0.05, 0.1) is 12.7 Å². The largest absolute Gasteiger partial charge is 0.489 e. The zero-order valence-corrected chi connectivity index (χ0v) is 13.6. The summed E-state index contributed by atoms with van der Waals surface area (Å²) in [7, 11) is 1.22. The van der Waals surface area contributed by atoms with Crippen molar-refractivity contribution in [2.45, 2.75) is 6.61 Å². The minimum absolute atomic E-state index is 0.0148. The predicted molar refractivity (Wildman–Crippen MR) is 89.3 cm³/mol. The minimum atomic E-state index is -0.742. The minimum Gasteiger partial charge on any atom is -0.489 e. The van der Waals surface area contributed by atoms with Crippen LogP contribution >= 0.6 is 0 Å². The molecule has 0 bridgehead atoms. The first-order chi connectivity index (χ1) is 12.2. The van der Waals surface area contributed by atoms with Crippen LogP contribution in [0.4, 0.5) is 0 Å². The van der Waals surface area contributed by atoms with Crippen LogP contribution in [-0.2, 0) is 20.9 Å². The molecule has 0 spiro atoms. The lowest BCUT2D eigenvalue weighted by molar-refractivity contribution is -0.144. The van der Waals surface area contributed by atoms with E-state index >= 15 is 0 Å². The zero-order chi connectivity index (χ0) is 17.6. The van der Waals surface area contributed by atoms with E-state index in [4.69, 9.17) is 13.9 Å². The number of benzene rings is 2. The van der Waals surface area contributed by atoms with Crippen LogP contribution in [0.25, 0.3) is 11.0 Å². The highest BCUT2D eigenvalue weighted by Crippen LogP contribution is 2.28. The SMILES string of the molecule is COC(=O)COC(=O)c1oc2ccccc2c1COc1ccccc1. The summed E-state index contributed by atoms with van der Waals surface area (Å²) >= 11 is 0. The molecule has 0 saturated carbocycles. The molecule has 0 fully saturated rings. The first kappa shape index (κ1) is 16.6. The van der Waals surface area contributed by atoms with Gasteiger partial charge in [0.25, 0.3) is 0 Å². The highest BCUT2D eigenvalue weighted by atomic mass is 16.6. The van der Waals surface area contributed by atoms with Crippen molar-refractivity contribution in [1.82, 2.24) is 0 Å². The van der Waals surface area contributed by atoms with E-state index in [1.54, 1.807) is 12.1 Å². The molecule has 3 rings (SSSR count). The van der Waals surface area contributed by atoms with Crippen LogP contribution in [0.15, 0.2) is 59.0 Å². The van der Waals surface area contributed by atoms with Crippen molar-refractivity contribution in [2.24, 2.45) is 0 Å². The van der Waals surface area contributed by atoms with E-state index in [9.17, 15) is 9.59 Å². The summed E-state index contributed by atoms with van der Waals surface area (Å²) < 4.78 is 20.7. The Kier molecular flexibility index (Phi) is 4.99. The number of fused-ring (bicyclic) bond motifs is 1. The van der Waals surface area contributed by atoms with Crippen LogP contribution in [-0.4, -0.2) is 25.7 Å². The van der Waals surface area contributed by atoms with E-state index in [1.165, 1.54) is 7.11 Å². The number of ether oxygens (including phenoxy) is 3. The Morgan fingerprint density at radius 3 is 2.48 bits per heavy atom. The summed E-state index contributed by atoms with van der Waals surface area (Å²) in [4.78, 5) is 23.4. The Hall–Kier alpha value is -3.28. The topological polar surface area (TPSA) is 75.0 Å². The fraction of sp³-hybridized carbons (Fsp3) is 0.158. The van der Waals surface area contributed by atoms with Gasteiger partial charge in [0, 0.05) is 5.39 Å². The summed E-state index contributed by atoms with van der Waals surface area (Å²) in [6, 6.07) is 16.5. The molecule has 25 heavy (non-hydrogen) atoms. The van der Waals surface area contributed by atoms with E-state index in [2.05, 4.69) is 4.74 Å². The number of methoxy groups -OCH3 is 1.